The number of hydrogen-bond acceptors (Lipinski definition) is 4. The van der Waals surface area contributed by atoms with Gasteiger partial charge in [0.05, 0.1) is 12.2 Å². The average molecular weight is 411 g/mol. The van der Waals surface area contributed by atoms with Crippen LogP contribution >= 0.6 is 23.6 Å². The molecular formula is C22H22N2O2S2. The molecule has 0 aliphatic carbocycles. The van der Waals surface area contributed by atoms with E-state index < -0.39 is 0 Å². The second kappa shape index (κ2) is 10.0. The van der Waals surface area contributed by atoms with Crippen LogP contribution in [0.15, 0.2) is 66.7 Å². The van der Waals surface area contributed by atoms with Crippen LogP contribution in [0.4, 0.5) is 5.00 Å². The molecule has 0 saturated heterocycles. The van der Waals surface area contributed by atoms with Crippen molar-refractivity contribution in [2.24, 2.45) is 0 Å². The van der Waals surface area contributed by atoms with Gasteiger partial charge in [-0.25, -0.2) is 4.79 Å². The van der Waals surface area contributed by atoms with Crippen molar-refractivity contribution in [2.75, 3.05) is 11.9 Å². The van der Waals surface area contributed by atoms with Crippen molar-refractivity contribution in [3.05, 3.63) is 88.3 Å². The molecule has 144 valence electrons. The number of thiocarbonyl (C=S) groups is 1. The number of anilines is 1. The zero-order valence-corrected chi connectivity index (χ0v) is 17.2. The molecule has 0 spiro atoms. The number of nitrogens with one attached hydrogen (secondary N) is 2. The van der Waals surface area contributed by atoms with E-state index in [2.05, 4.69) is 22.8 Å². The molecule has 0 atom stereocenters. The van der Waals surface area contributed by atoms with Gasteiger partial charge in [0.15, 0.2) is 5.11 Å². The summed E-state index contributed by atoms with van der Waals surface area (Å²) in [4.78, 5) is 13.4. The Morgan fingerprint density at radius 1 is 1.04 bits per heavy atom. The van der Waals surface area contributed by atoms with E-state index in [1.807, 2.05) is 54.6 Å². The van der Waals surface area contributed by atoms with Crippen LogP contribution in [0.25, 0.3) is 0 Å². The molecule has 0 bridgehead atoms. The van der Waals surface area contributed by atoms with Crippen LogP contribution in [0, 0.1) is 0 Å². The van der Waals surface area contributed by atoms with E-state index in [1.54, 1.807) is 6.92 Å². The maximum atomic E-state index is 12.4. The molecule has 0 radical (unpaired) electrons. The maximum Gasteiger partial charge on any atom is 0.341 e. The lowest BCUT2D eigenvalue weighted by Crippen LogP contribution is -2.28. The Morgan fingerprint density at radius 3 is 2.32 bits per heavy atom. The molecule has 3 rings (SSSR count). The Balaban J connectivity index is 1.72. The van der Waals surface area contributed by atoms with Gasteiger partial charge in [-0.05, 0) is 36.3 Å². The van der Waals surface area contributed by atoms with Crippen LogP contribution in [0.1, 0.15) is 33.3 Å². The van der Waals surface area contributed by atoms with Gasteiger partial charge in [-0.2, -0.15) is 0 Å². The fourth-order valence-corrected chi connectivity index (χ4v) is 4.03. The van der Waals surface area contributed by atoms with Gasteiger partial charge in [-0.15, -0.1) is 11.3 Å². The minimum Gasteiger partial charge on any atom is -0.462 e. The SMILES string of the molecule is CCOC(=O)c1cc(Cc2ccccc2)sc1NC(=S)NCc1ccccc1. The number of esters is 1. The van der Waals surface area contributed by atoms with Gasteiger partial charge in [0.25, 0.3) is 0 Å². The first-order valence-corrected chi connectivity index (χ1v) is 10.3. The first-order valence-electron chi connectivity index (χ1n) is 9.08. The number of ether oxygens (including phenoxy) is 1. The molecule has 1 heterocycles. The van der Waals surface area contributed by atoms with Crippen LogP contribution < -0.4 is 10.6 Å². The van der Waals surface area contributed by atoms with Crippen LogP contribution in [0.3, 0.4) is 0 Å². The standard InChI is InChI=1S/C22H22N2O2S2/c1-2-26-21(25)19-14-18(13-16-9-5-3-6-10-16)28-20(19)24-22(27)23-15-17-11-7-4-8-12-17/h3-12,14H,2,13,15H2,1H3,(H2,23,24,27). The molecule has 0 amide bonds. The molecule has 0 saturated carbocycles. The Morgan fingerprint density at radius 2 is 1.68 bits per heavy atom. The van der Waals surface area contributed by atoms with Crippen molar-refractivity contribution < 1.29 is 9.53 Å². The van der Waals surface area contributed by atoms with Gasteiger partial charge in [0.1, 0.15) is 5.00 Å². The summed E-state index contributed by atoms with van der Waals surface area (Å²) in [6.07, 6.45) is 0.754. The van der Waals surface area contributed by atoms with Gasteiger partial charge < -0.3 is 15.4 Å². The summed E-state index contributed by atoms with van der Waals surface area (Å²) in [5.41, 5.74) is 2.84. The highest BCUT2D eigenvalue weighted by molar-refractivity contribution is 7.80. The highest BCUT2D eigenvalue weighted by atomic mass is 32.1. The van der Waals surface area contributed by atoms with Crippen molar-refractivity contribution >= 4 is 39.6 Å². The molecule has 0 aliphatic rings. The van der Waals surface area contributed by atoms with Crippen molar-refractivity contribution in [3.63, 3.8) is 0 Å². The van der Waals surface area contributed by atoms with Crippen LogP contribution in [-0.2, 0) is 17.7 Å². The molecule has 28 heavy (non-hydrogen) atoms. The molecule has 2 aromatic carbocycles. The molecule has 1 aromatic heterocycles. The minimum absolute atomic E-state index is 0.332. The third-order valence-corrected chi connectivity index (χ3v) is 5.32. The van der Waals surface area contributed by atoms with E-state index in [9.17, 15) is 4.79 Å². The Hall–Kier alpha value is -2.70. The molecule has 0 unspecified atom stereocenters. The molecule has 2 N–H and O–H groups in total. The van der Waals surface area contributed by atoms with Crippen molar-refractivity contribution in [1.82, 2.24) is 5.32 Å². The first kappa shape index (κ1) is 20.0. The summed E-state index contributed by atoms with van der Waals surface area (Å²) in [5, 5.41) is 7.52. The summed E-state index contributed by atoms with van der Waals surface area (Å²) in [5.74, 6) is -0.341. The maximum absolute atomic E-state index is 12.4. The minimum atomic E-state index is -0.341. The topological polar surface area (TPSA) is 50.4 Å². The number of carbonyl (C=O) groups excluding carboxylic acids is 1. The molecule has 6 heteroatoms. The van der Waals surface area contributed by atoms with Crippen LogP contribution in [0.2, 0.25) is 0 Å². The lowest BCUT2D eigenvalue weighted by atomic mass is 10.1. The number of rotatable bonds is 7. The smallest absolute Gasteiger partial charge is 0.341 e. The van der Waals surface area contributed by atoms with Crippen LogP contribution in [-0.4, -0.2) is 17.7 Å². The number of carbonyl (C=O) groups is 1. The largest absolute Gasteiger partial charge is 0.462 e. The van der Waals surface area contributed by atoms with Crippen molar-refractivity contribution in [3.8, 4) is 0 Å². The van der Waals surface area contributed by atoms with Crippen molar-refractivity contribution in [1.29, 1.82) is 0 Å². The third kappa shape index (κ3) is 5.65. The summed E-state index contributed by atoms with van der Waals surface area (Å²) < 4.78 is 5.21. The Labute approximate surface area is 174 Å². The monoisotopic (exact) mass is 410 g/mol. The zero-order valence-electron chi connectivity index (χ0n) is 15.6. The molecule has 0 aliphatic heterocycles. The number of hydrogen-bond donors (Lipinski definition) is 2. The first-order chi connectivity index (χ1) is 13.7. The molecule has 4 nitrogen and oxygen atoms in total. The van der Waals surface area contributed by atoms with Gasteiger partial charge in [0.2, 0.25) is 0 Å². The Kier molecular flexibility index (Phi) is 7.17. The summed E-state index contributed by atoms with van der Waals surface area (Å²) >= 11 is 6.94. The average Bonchev–Trinajstić information content (AvgIpc) is 3.10. The van der Waals surface area contributed by atoms with Gasteiger partial charge in [0, 0.05) is 17.8 Å². The molecular weight excluding hydrogens is 388 g/mol. The fraction of sp³-hybridized carbons (Fsp3) is 0.182. The molecule has 0 fully saturated rings. The lowest BCUT2D eigenvalue weighted by molar-refractivity contribution is 0.0528. The second-order valence-electron chi connectivity index (χ2n) is 6.13. The quantitative estimate of drug-likeness (QED) is 0.424. The lowest BCUT2D eigenvalue weighted by Gasteiger charge is -2.10. The Bertz CT molecular complexity index is 924. The number of benzene rings is 2. The van der Waals surface area contributed by atoms with Crippen molar-refractivity contribution in [2.45, 2.75) is 19.9 Å². The summed E-state index contributed by atoms with van der Waals surface area (Å²) in [7, 11) is 0. The normalized spacial score (nSPS) is 10.3. The predicted molar refractivity (Wildman–Crippen MR) is 119 cm³/mol. The summed E-state index contributed by atoms with van der Waals surface area (Å²) in [6, 6.07) is 22.1. The van der Waals surface area contributed by atoms with E-state index in [4.69, 9.17) is 17.0 Å². The van der Waals surface area contributed by atoms with E-state index >= 15 is 0 Å². The van der Waals surface area contributed by atoms with E-state index in [1.165, 1.54) is 16.9 Å². The van der Waals surface area contributed by atoms with Gasteiger partial charge >= 0.3 is 5.97 Å². The number of thiophene rings is 1. The van der Waals surface area contributed by atoms with Crippen LogP contribution in [0.5, 0.6) is 0 Å². The van der Waals surface area contributed by atoms with E-state index in [0.29, 0.717) is 28.8 Å². The van der Waals surface area contributed by atoms with E-state index in [0.717, 1.165) is 16.9 Å². The predicted octanol–water partition coefficient (Wildman–Crippen LogP) is 5.00. The molecule has 3 aromatic rings. The van der Waals surface area contributed by atoms with E-state index in [-0.39, 0.29) is 5.97 Å². The zero-order chi connectivity index (χ0) is 19.8. The van der Waals surface area contributed by atoms with Gasteiger partial charge in [-0.1, -0.05) is 60.7 Å². The van der Waals surface area contributed by atoms with Gasteiger partial charge in [-0.3, -0.25) is 0 Å². The summed E-state index contributed by atoms with van der Waals surface area (Å²) in [6.45, 7) is 2.75. The highest BCUT2D eigenvalue weighted by Gasteiger charge is 2.18. The second-order valence-corrected chi connectivity index (χ2v) is 7.68. The third-order valence-electron chi connectivity index (χ3n) is 4.02. The fourth-order valence-electron chi connectivity index (χ4n) is 2.71. The highest BCUT2D eigenvalue weighted by Crippen LogP contribution is 2.30.